The lowest BCUT2D eigenvalue weighted by atomic mass is 9.52. The van der Waals surface area contributed by atoms with Gasteiger partial charge in [0.15, 0.2) is 18.1 Å². The van der Waals surface area contributed by atoms with Gasteiger partial charge >= 0.3 is 0 Å². The molecule has 2 unspecified atom stereocenters. The Morgan fingerprint density at radius 3 is 2.70 bits per heavy atom. The summed E-state index contributed by atoms with van der Waals surface area (Å²) in [6.45, 7) is 3.37. The van der Waals surface area contributed by atoms with E-state index in [0.717, 1.165) is 23.5 Å². The van der Waals surface area contributed by atoms with Crippen molar-refractivity contribution in [1.82, 2.24) is 0 Å². The van der Waals surface area contributed by atoms with Gasteiger partial charge in [0.1, 0.15) is 6.10 Å². The molecule has 3 aliphatic carbocycles. The molecule has 0 aromatic heterocycles. The van der Waals surface area contributed by atoms with E-state index < -0.39 is 23.2 Å². The molecule has 9 heteroatoms. The van der Waals surface area contributed by atoms with Crippen LogP contribution in [-0.4, -0.2) is 46.2 Å². The number of aliphatic hydroxyl groups is 2. The van der Waals surface area contributed by atoms with Crippen LogP contribution in [0.3, 0.4) is 0 Å². The van der Waals surface area contributed by atoms with E-state index >= 15 is 0 Å². The van der Waals surface area contributed by atoms with Gasteiger partial charge in [-0.05, 0) is 56.6 Å². The first-order chi connectivity index (χ1) is 14.5. The van der Waals surface area contributed by atoms with E-state index in [1.165, 1.54) is 19.4 Å². The van der Waals surface area contributed by atoms with Gasteiger partial charge in [-0.3, -0.25) is 0 Å². The molecule has 8 nitrogen and oxygen atoms in total. The van der Waals surface area contributed by atoms with Crippen LogP contribution >= 0.6 is 12.3 Å². The average molecular weight is 443 g/mol. The maximum absolute atomic E-state index is 11.4. The molecule has 1 heterocycles. The first-order valence-corrected chi connectivity index (χ1v) is 11.5. The molecule has 0 radical (unpaired) electrons. The van der Waals surface area contributed by atoms with Crippen molar-refractivity contribution in [3.63, 3.8) is 0 Å². The van der Waals surface area contributed by atoms with Crippen LogP contribution in [0.15, 0.2) is 12.1 Å². The zero-order valence-electron chi connectivity index (χ0n) is 17.5. The molecule has 0 amide bonds. The summed E-state index contributed by atoms with van der Waals surface area (Å²) in [5.74, 6) is 1.86. The molecule has 30 heavy (non-hydrogen) atoms. The SMILES string of the molecule is CC[C@]12c3c4ccc(OOOSO)c3O[C@H]1C(O)CCC2(O)CC4.C[NH2+]CC1CC1. The van der Waals surface area contributed by atoms with Crippen molar-refractivity contribution < 1.29 is 39.1 Å². The molecule has 4 atom stereocenters. The van der Waals surface area contributed by atoms with E-state index in [-0.39, 0.29) is 12.3 Å². The van der Waals surface area contributed by atoms with Crippen LogP contribution in [0.1, 0.15) is 56.6 Å². The average Bonchev–Trinajstić information content (AvgIpc) is 3.49. The van der Waals surface area contributed by atoms with Gasteiger partial charge in [0, 0.05) is 16.5 Å². The third-order valence-corrected chi connectivity index (χ3v) is 7.35. The third kappa shape index (κ3) is 3.60. The highest BCUT2D eigenvalue weighted by molar-refractivity contribution is 7.88. The van der Waals surface area contributed by atoms with Crippen molar-refractivity contribution >= 4 is 12.3 Å². The van der Waals surface area contributed by atoms with E-state index in [0.29, 0.717) is 37.2 Å². The van der Waals surface area contributed by atoms with Crippen LogP contribution in [0.4, 0.5) is 0 Å². The fourth-order valence-corrected chi connectivity index (χ4v) is 5.72. The quantitative estimate of drug-likeness (QED) is 0.219. The van der Waals surface area contributed by atoms with E-state index in [4.69, 9.17) is 14.2 Å². The normalized spacial score (nSPS) is 33.2. The number of hydrogen-bond acceptors (Lipinski definition) is 8. The number of nitrogens with two attached hydrogens (primary N) is 1. The Hall–Kier alpha value is -1.07. The summed E-state index contributed by atoms with van der Waals surface area (Å²) in [6.07, 6.45) is 4.91. The van der Waals surface area contributed by atoms with Gasteiger partial charge in [0.2, 0.25) is 5.75 Å². The van der Waals surface area contributed by atoms with Crippen LogP contribution in [0.5, 0.6) is 11.5 Å². The molecule has 2 saturated carbocycles. The summed E-state index contributed by atoms with van der Waals surface area (Å²) in [7, 11) is 2.14. The van der Waals surface area contributed by atoms with Crippen LogP contribution < -0.4 is 14.9 Å². The van der Waals surface area contributed by atoms with Gasteiger partial charge < -0.3 is 29.7 Å². The van der Waals surface area contributed by atoms with Crippen molar-refractivity contribution in [3.8, 4) is 11.5 Å². The number of rotatable bonds is 7. The molecule has 168 valence electrons. The standard InChI is InChI=1S/C16H20O7S.C5H11N/c1-2-16-12-9-3-4-11(21-22-23-24-19)13(12)20-14(16)10(17)6-8-15(16,18)7-5-9;1-6-4-5-2-3-5/h3-4,10,14,17-19H,2,5-8H2,1H3;5-6H,2-4H2,1H3/p+1/t10?,14-,15?,16-;/m0./s1. The van der Waals surface area contributed by atoms with E-state index in [9.17, 15) is 10.2 Å². The topological polar surface area (TPSA) is 114 Å². The van der Waals surface area contributed by atoms with E-state index in [1.54, 1.807) is 6.07 Å². The lowest BCUT2D eigenvalue weighted by molar-refractivity contribution is -0.629. The van der Waals surface area contributed by atoms with Crippen molar-refractivity contribution in [2.45, 2.75) is 75.1 Å². The van der Waals surface area contributed by atoms with Gasteiger partial charge in [0.05, 0.1) is 30.7 Å². The van der Waals surface area contributed by atoms with Crippen molar-refractivity contribution in [2.75, 3.05) is 13.6 Å². The highest BCUT2D eigenvalue weighted by Gasteiger charge is 2.67. The van der Waals surface area contributed by atoms with Crippen LogP contribution in [-0.2, 0) is 21.2 Å². The van der Waals surface area contributed by atoms with E-state index in [2.05, 4.69) is 21.7 Å². The molecule has 2 fully saturated rings. The summed E-state index contributed by atoms with van der Waals surface area (Å²) < 4.78 is 18.9. The van der Waals surface area contributed by atoms with Crippen molar-refractivity contribution in [2.24, 2.45) is 5.92 Å². The predicted octanol–water partition coefficient (Wildman–Crippen LogP) is 1.88. The molecule has 1 aliphatic heterocycles. The molecule has 1 aromatic carbocycles. The monoisotopic (exact) mass is 442 g/mol. The molecular weight excluding hydrogens is 410 g/mol. The number of ether oxygens (including phenoxy) is 1. The smallest absolute Gasteiger partial charge is 0.210 e. The van der Waals surface area contributed by atoms with Gasteiger partial charge in [-0.2, -0.15) is 0 Å². The van der Waals surface area contributed by atoms with Gasteiger partial charge in [-0.15, -0.1) is 0 Å². The van der Waals surface area contributed by atoms with Crippen molar-refractivity contribution in [3.05, 3.63) is 23.3 Å². The molecule has 0 spiro atoms. The molecule has 1 aromatic rings. The van der Waals surface area contributed by atoms with Crippen LogP contribution in [0, 0.1) is 5.92 Å². The first kappa shape index (κ1) is 22.1. The van der Waals surface area contributed by atoms with Gasteiger partial charge in [-0.1, -0.05) is 17.3 Å². The number of aryl methyl sites for hydroxylation is 1. The minimum Gasteiger partial charge on any atom is -0.482 e. The maximum atomic E-state index is 11.4. The first-order valence-electron chi connectivity index (χ1n) is 10.8. The second kappa shape index (κ2) is 8.82. The number of benzene rings is 1. The predicted molar refractivity (Wildman–Crippen MR) is 110 cm³/mol. The highest BCUT2D eigenvalue weighted by atomic mass is 32.2. The molecule has 0 bridgehead atoms. The second-order valence-electron chi connectivity index (χ2n) is 8.81. The summed E-state index contributed by atoms with van der Waals surface area (Å²) in [5.41, 5.74) is 0.443. The van der Waals surface area contributed by atoms with Crippen LogP contribution in [0.2, 0.25) is 0 Å². The van der Waals surface area contributed by atoms with Crippen molar-refractivity contribution in [1.29, 1.82) is 0 Å². The Balaban J connectivity index is 0.000000313. The lowest BCUT2D eigenvalue weighted by Crippen LogP contribution is -2.80. The fourth-order valence-electron chi connectivity index (χ4n) is 5.67. The zero-order chi connectivity index (χ0) is 21.4. The Morgan fingerprint density at radius 1 is 1.27 bits per heavy atom. The highest BCUT2D eigenvalue weighted by Crippen LogP contribution is 2.63. The second-order valence-corrected chi connectivity index (χ2v) is 9.09. The minimum atomic E-state index is -0.902. The summed E-state index contributed by atoms with van der Waals surface area (Å²) in [6, 6.07) is 3.63. The van der Waals surface area contributed by atoms with Gasteiger partial charge in [-0.25, -0.2) is 0 Å². The summed E-state index contributed by atoms with van der Waals surface area (Å²) >= 11 is 0.0244. The molecule has 5 N–H and O–H groups in total. The number of aliphatic hydroxyl groups excluding tert-OH is 1. The largest absolute Gasteiger partial charge is 0.482 e. The number of quaternary nitrogens is 1. The zero-order valence-corrected chi connectivity index (χ0v) is 18.3. The van der Waals surface area contributed by atoms with E-state index in [1.807, 2.05) is 13.0 Å². The molecule has 5 rings (SSSR count). The molecule has 0 saturated heterocycles. The Morgan fingerprint density at radius 2 is 2.07 bits per heavy atom. The number of hydrogen-bond donors (Lipinski definition) is 4. The Labute approximate surface area is 181 Å². The molecular formula is C21H32NO7S+. The lowest BCUT2D eigenvalue weighted by Gasteiger charge is -2.54. The minimum absolute atomic E-state index is 0.0244. The summed E-state index contributed by atoms with van der Waals surface area (Å²) in [5, 5.41) is 28.6. The Kier molecular flexibility index (Phi) is 6.51. The summed E-state index contributed by atoms with van der Waals surface area (Å²) in [4.78, 5) is 5.08. The fraction of sp³-hybridized carbons (Fsp3) is 0.714. The van der Waals surface area contributed by atoms with Gasteiger partial charge in [0.25, 0.3) is 0 Å². The maximum Gasteiger partial charge on any atom is 0.210 e. The van der Waals surface area contributed by atoms with Crippen LogP contribution in [0.25, 0.3) is 0 Å². The molecule has 4 aliphatic rings. The Bertz CT molecular complexity index is 761. The third-order valence-electron chi connectivity index (χ3n) is 7.23.